The summed E-state index contributed by atoms with van der Waals surface area (Å²) in [5, 5.41) is 3.73. The van der Waals surface area contributed by atoms with Gasteiger partial charge in [-0.2, -0.15) is 4.37 Å². The highest BCUT2D eigenvalue weighted by molar-refractivity contribution is 7.11. The van der Waals surface area contributed by atoms with Crippen molar-refractivity contribution in [1.29, 1.82) is 0 Å². The van der Waals surface area contributed by atoms with E-state index in [1.165, 1.54) is 11.5 Å². The molecule has 1 aliphatic heterocycles. The molecule has 112 valence electrons. The summed E-state index contributed by atoms with van der Waals surface area (Å²) in [6.45, 7) is 8.25. The lowest BCUT2D eigenvalue weighted by Gasteiger charge is -2.23. The summed E-state index contributed by atoms with van der Waals surface area (Å²) in [7, 11) is 0. The molecule has 0 saturated carbocycles. The Hall–Kier alpha value is -1.34. The third kappa shape index (κ3) is 3.40. The first-order chi connectivity index (χ1) is 9.49. The molecular weight excluding hydrogens is 276 g/mol. The first-order valence-electron chi connectivity index (χ1n) is 6.91. The standard InChI is InChI=1S/C13H22N4O2S/c1-8(2)15-12(18)10-11(14)16-20-13(10)17-5-4-6-19-9(3)7-17/h8-9H,4-7H2,1-3H3,(H2,14,16)(H,15,18). The van der Waals surface area contributed by atoms with Gasteiger partial charge in [-0.25, -0.2) is 0 Å². The zero-order valence-electron chi connectivity index (χ0n) is 12.2. The molecule has 0 radical (unpaired) electrons. The highest BCUT2D eigenvalue weighted by atomic mass is 32.1. The van der Waals surface area contributed by atoms with Gasteiger partial charge in [-0.1, -0.05) is 0 Å². The fourth-order valence-corrected chi connectivity index (χ4v) is 3.08. The minimum absolute atomic E-state index is 0.0704. The number of carbonyl (C=O) groups excluding carboxylic acids is 1. The minimum atomic E-state index is -0.154. The number of nitrogens with zero attached hydrogens (tertiary/aromatic N) is 2. The summed E-state index contributed by atoms with van der Waals surface area (Å²) in [6, 6.07) is 0.0704. The summed E-state index contributed by atoms with van der Waals surface area (Å²) in [5.41, 5.74) is 6.38. The lowest BCUT2D eigenvalue weighted by molar-refractivity contribution is 0.0820. The second-order valence-electron chi connectivity index (χ2n) is 5.36. The van der Waals surface area contributed by atoms with Crippen LogP contribution in [0.2, 0.25) is 0 Å². The van der Waals surface area contributed by atoms with E-state index in [1.807, 2.05) is 20.8 Å². The molecule has 2 rings (SSSR count). The fourth-order valence-electron chi connectivity index (χ4n) is 2.24. The molecule has 0 aromatic carbocycles. The van der Waals surface area contributed by atoms with Gasteiger partial charge >= 0.3 is 0 Å². The van der Waals surface area contributed by atoms with Crippen molar-refractivity contribution in [2.75, 3.05) is 30.3 Å². The van der Waals surface area contributed by atoms with Crippen LogP contribution in [0.4, 0.5) is 10.8 Å². The monoisotopic (exact) mass is 298 g/mol. The molecule has 1 saturated heterocycles. The van der Waals surface area contributed by atoms with Gasteiger partial charge < -0.3 is 20.7 Å². The molecule has 7 heteroatoms. The van der Waals surface area contributed by atoms with Crippen LogP contribution in [-0.4, -0.2) is 42.1 Å². The summed E-state index contributed by atoms with van der Waals surface area (Å²) in [5.74, 6) is 0.153. The highest BCUT2D eigenvalue weighted by Gasteiger charge is 2.26. The van der Waals surface area contributed by atoms with Crippen molar-refractivity contribution in [3.63, 3.8) is 0 Å². The quantitative estimate of drug-likeness (QED) is 0.883. The Balaban J connectivity index is 2.25. The molecule has 0 aliphatic carbocycles. The molecule has 1 aromatic rings. The van der Waals surface area contributed by atoms with Crippen molar-refractivity contribution in [3.8, 4) is 0 Å². The zero-order valence-corrected chi connectivity index (χ0v) is 13.0. The zero-order chi connectivity index (χ0) is 14.7. The summed E-state index contributed by atoms with van der Waals surface area (Å²) < 4.78 is 9.79. The van der Waals surface area contributed by atoms with Crippen LogP contribution >= 0.6 is 11.5 Å². The smallest absolute Gasteiger partial charge is 0.258 e. The van der Waals surface area contributed by atoms with Crippen molar-refractivity contribution in [2.24, 2.45) is 0 Å². The molecular formula is C13H22N4O2S. The van der Waals surface area contributed by atoms with Gasteiger partial charge in [0.1, 0.15) is 10.6 Å². The highest BCUT2D eigenvalue weighted by Crippen LogP contribution is 2.31. The second-order valence-corrected chi connectivity index (χ2v) is 6.11. The first-order valence-corrected chi connectivity index (χ1v) is 7.69. The van der Waals surface area contributed by atoms with E-state index >= 15 is 0 Å². The van der Waals surface area contributed by atoms with Crippen LogP contribution in [0.5, 0.6) is 0 Å². The maximum absolute atomic E-state index is 12.3. The molecule has 3 N–H and O–H groups in total. The molecule has 20 heavy (non-hydrogen) atoms. The van der Waals surface area contributed by atoms with Crippen LogP contribution in [0.25, 0.3) is 0 Å². The van der Waals surface area contributed by atoms with Gasteiger partial charge in [-0.05, 0) is 38.7 Å². The van der Waals surface area contributed by atoms with E-state index in [4.69, 9.17) is 10.5 Å². The number of hydrogen-bond acceptors (Lipinski definition) is 6. The van der Waals surface area contributed by atoms with E-state index in [0.29, 0.717) is 11.4 Å². The van der Waals surface area contributed by atoms with E-state index in [9.17, 15) is 4.79 Å². The van der Waals surface area contributed by atoms with Crippen molar-refractivity contribution in [3.05, 3.63) is 5.56 Å². The van der Waals surface area contributed by atoms with Gasteiger partial charge in [0.15, 0.2) is 5.82 Å². The Morgan fingerprint density at radius 2 is 2.35 bits per heavy atom. The van der Waals surface area contributed by atoms with Crippen LogP contribution < -0.4 is 16.0 Å². The van der Waals surface area contributed by atoms with Gasteiger partial charge in [-0.3, -0.25) is 4.79 Å². The maximum atomic E-state index is 12.3. The topological polar surface area (TPSA) is 80.5 Å². The van der Waals surface area contributed by atoms with E-state index < -0.39 is 0 Å². The normalized spacial score (nSPS) is 20.0. The number of nitrogen functional groups attached to an aromatic ring is 1. The van der Waals surface area contributed by atoms with Gasteiger partial charge in [0.25, 0.3) is 5.91 Å². The summed E-state index contributed by atoms with van der Waals surface area (Å²) in [6.07, 6.45) is 1.08. The summed E-state index contributed by atoms with van der Waals surface area (Å²) in [4.78, 5) is 14.4. The number of rotatable bonds is 3. The average molecular weight is 298 g/mol. The van der Waals surface area contributed by atoms with Crippen LogP contribution in [0, 0.1) is 0 Å². The number of hydrogen-bond donors (Lipinski definition) is 2. The minimum Gasteiger partial charge on any atom is -0.382 e. The molecule has 1 aliphatic rings. The third-order valence-corrected chi connectivity index (χ3v) is 4.01. The van der Waals surface area contributed by atoms with Crippen LogP contribution in [0.1, 0.15) is 37.6 Å². The lowest BCUT2D eigenvalue weighted by Crippen LogP contribution is -2.34. The fraction of sp³-hybridized carbons (Fsp3) is 0.692. The second kappa shape index (κ2) is 6.41. The van der Waals surface area contributed by atoms with Gasteiger partial charge in [-0.15, -0.1) is 0 Å². The molecule has 1 fully saturated rings. The number of ether oxygens (including phenoxy) is 1. The van der Waals surface area contributed by atoms with Crippen molar-refractivity contribution >= 4 is 28.3 Å². The van der Waals surface area contributed by atoms with Gasteiger partial charge in [0, 0.05) is 25.7 Å². The van der Waals surface area contributed by atoms with Crippen molar-refractivity contribution < 1.29 is 9.53 Å². The largest absolute Gasteiger partial charge is 0.382 e. The summed E-state index contributed by atoms with van der Waals surface area (Å²) >= 11 is 1.28. The number of anilines is 2. The predicted molar refractivity (Wildman–Crippen MR) is 81.4 cm³/mol. The van der Waals surface area contributed by atoms with E-state index in [1.54, 1.807) is 0 Å². The number of nitrogens with two attached hydrogens (primary N) is 1. The molecule has 6 nitrogen and oxygen atoms in total. The lowest BCUT2D eigenvalue weighted by atomic mass is 10.2. The van der Waals surface area contributed by atoms with Crippen LogP contribution in [0.3, 0.4) is 0 Å². The van der Waals surface area contributed by atoms with Crippen LogP contribution in [-0.2, 0) is 4.74 Å². The SMILES string of the molecule is CC(C)NC(=O)c1c(N)nsc1N1CCCOC(C)C1. The number of carbonyl (C=O) groups is 1. The predicted octanol–water partition coefficient (Wildman–Crippen LogP) is 1.48. The third-order valence-electron chi connectivity index (χ3n) is 3.09. The Labute approximate surface area is 123 Å². The molecule has 1 aromatic heterocycles. The Kier molecular flexibility index (Phi) is 4.82. The van der Waals surface area contributed by atoms with E-state index in [0.717, 1.165) is 31.1 Å². The van der Waals surface area contributed by atoms with Crippen LogP contribution in [0.15, 0.2) is 0 Å². The van der Waals surface area contributed by atoms with Crippen molar-refractivity contribution in [1.82, 2.24) is 9.69 Å². The van der Waals surface area contributed by atoms with E-state index in [2.05, 4.69) is 14.6 Å². The first kappa shape index (κ1) is 15.1. The molecule has 2 heterocycles. The Morgan fingerprint density at radius 3 is 3.05 bits per heavy atom. The Morgan fingerprint density at radius 1 is 1.60 bits per heavy atom. The molecule has 0 spiro atoms. The number of aromatic nitrogens is 1. The number of nitrogens with one attached hydrogen (secondary N) is 1. The number of amides is 1. The van der Waals surface area contributed by atoms with Gasteiger partial charge in [0.05, 0.1) is 6.10 Å². The van der Waals surface area contributed by atoms with Gasteiger partial charge in [0.2, 0.25) is 0 Å². The van der Waals surface area contributed by atoms with E-state index in [-0.39, 0.29) is 18.1 Å². The molecule has 1 unspecified atom stereocenters. The average Bonchev–Trinajstić information content (AvgIpc) is 2.60. The maximum Gasteiger partial charge on any atom is 0.258 e. The Bertz CT molecular complexity index is 475. The molecule has 1 atom stereocenters. The molecule has 0 bridgehead atoms. The van der Waals surface area contributed by atoms with Crippen molar-refractivity contribution in [2.45, 2.75) is 39.3 Å². The molecule has 1 amide bonds.